The number of fused-ring (bicyclic) bond motifs is 1. The van der Waals surface area contributed by atoms with Gasteiger partial charge >= 0.3 is 0 Å². The van der Waals surface area contributed by atoms with E-state index in [-0.39, 0.29) is 16.1 Å². The van der Waals surface area contributed by atoms with Crippen LogP contribution in [0.2, 0.25) is 0 Å². The molecule has 1 N–H and O–H groups in total. The van der Waals surface area contributed by atoms with Gasteiger partial charge in [-0.05, 0) is 68.1 Å². The molecule has 2 aromatic heterocycles. The SMILES string of the molecule is CC1CN(c2ncccc2C(=O)NS(=O)(=O)c2cccc(Cc3ccc4c(c3)OCCO4)n2)C(C)(C)C1. The number of benzene rings is 1. The Hall–Kier alpha value is -3.66. The van der Waals surface area contributed by atoms with Crippen molar-refractivity contribution < 1.29 is 22.7 Å². The number of nitrogens with zero attached hydrogens (tertiary/aromatic N) is 3. The lowest BCUT2D eigenvalue weighted by Crippen LogP contribution is -2.41. The Balaban J connectivity index is 1.36. The van der Waals surface area contributed by atoms with Crippen molar-refractivity contribution in [2.75, 3.05) is 24.7 Å². The number of aromatic nitrogens is 2. The topological polar surface area (TPSA) is 111 Å². The highest BCUT2D eigenvalue weighted by atomic mass is 32.2. The van der Waals surface area contributed by atoms with E-state index in [1.807, 2.05) is 18.2 Å². The van der Waals surface area contributed by atoms with E-state index in [1.165, 1.54) is 6.07 Å². The molecule has 1 unspecified atom stereocenters. The lowest BCUT2D eigenvalue weighted by atomic mass is 9.97. The van der Waals surface area contributed by atoms with Crippen molar-refractivity contribution in [3.8, 4) is 11.5 Å². The van der Waals surface area contributed by atoms with Crippen LogP contribution < -0.4 is 19.1 Å². The maximum Gasteiger partial charge on any atom is 0.281 e. The van der Waals surface area contributed by atoms with Gasteiger partial charge in [0.1, 0.15) is 19.0 Å². The Morgan fingerprint density at radius 2 is 1.89 bits per heavy atom. The van der Waals surface area contributed by atoms with Crippen LogP contribution in [0.5, 0.6) is 11.5 Å². The van der Waals surface area contributed by atoms with Gasteiger partial charge in [0.15, 0.2) is 16.5 Å². The number of hydrogen-bond donors (Lipinski definition) is 1. The number of rotatable bonds is 6. The number of ether oxygens (including phenoxy) is 2. The molecule has 0 bridgehead atoms. The van der Waals surface area contributed by atoms with E-state index in [0.717, 1.165) is 18.5 Å². The number of pyridine rings is 2. The average molecular weight is 523 g/mol. The predicted octanol–water partition coefficient (Wildman–Crippen LogP) is 3.58. The summed E-state index contributed by atoms with van der Waals surface area (Å²) in [5, 5.41) is -0.226. The number of hydrogen-bond acceptors (Lipinski definition) is 8. The summed E-state index contributed by atoms with van der Waals surface area (Å²) in [6.45, 7) is 8.07. The molecule has 3 aromatic rings. The van der Waals surface area contributed by atoms with Crippen LogP contribution in [0.4, 0.5) is 5.82 Å². The van der Waals surface area contributed by atoms with E-state index in [4.69, 9.17) is 9.47 Å². The molecule has 5 rings (SSSR count). The van der Waals surface area contributed by atoms with Crippen LogP contribution in [0.25, 0.3) is 0 Å². The molecule has 0 aliphatic carbocycles. The van der Waals surface area contributed by atoms with Gasteiger partial charge in [-0.1, -0.05) is 19.1 Å². The zero-order valence-electron chi connectivity index (χ0n) is 21.1. The first kappa shape index (κ1) is 25.0. The molecule has 2 aliphatic rings. The molecule has 1 atom stereocenters. The predicted molar refractivity (Wildman–Crippen MR) is 139 cm³/mol. The third kappa shape index (κ3) is 5.24. The summed E-state index contributed by atoms with van der Waals surface area (Å²) in [5.41, 5.74) is 1.45. The van der Waals surface area contributed by atoms with Crippen molar-refractivity contribution in [2.45, 2.75) is 44.2 Å². The molecule has 1 amide bonds. The van der Waals surface area contributed by atoms with E-state index in [9.17, 15) is 13.2 Å². The number of carbonyl (C=O) groups excluding carboxylic acids is 1. The fourth-order valence-electron chi connectivity index (χ4n) is 5.09. The minimum absolute atomic E-state index is 0.203. The van der Waals surface area contributed by atoms with Crippen molar-refractivity contribution in [2.24, 2.45) is 5.92 Å². The summed E-state index contributed by atoms with van der Waals surface area (Å²) in [4.78, 5) is 24.1. The largest absolute Gasteiger partial charge is 0.486 e. The van der Waals surface area contributed by atoms with Gasteiger partial charge in [0.25, 0.3) is 15.9 Å². The Bertz CT molecular complexity index is 1440. The first-order valence-corrected chi connectivity index (χ1v) is 13.7. The first-order valence-electron chi connectivity index (χ1n) is 12.3. The van der Waals surface area contributed by atoms with Crippen LogP contribution in [0.1, 0.15) is 48.8 Å². The normalized spacial score (nSPS) is 18.5. The third-order valence-corrected chi connectivity index (χ3v) is 7.87. The molecular formula is C27H30N4O5S. The molecule has 2 aliphatic heterocycles. The van der Waals surface area contributed by atoms with E-state index in [1.54, 1.807) is 30.5 Å². The van der Waals surface area contributed by atoms with Gasteiger partial charge in [-0.15, -0.1) is 0 Å². The van der Waals surface area contributed by atoms with Crippen LogP contribution in [-0.2, 0) is 16.4 Å². The Labute approximate surface area is 216 Å². The van der Waals surface area contributed by atoms with Crippen LogP contribution in [0.15, 0.2) is 59.8 Å². The van der Waals surface area contributed by atoms with Crippen LogP contribution >= 0.6 is 0 Å². The van der Waals surface area contributed by atoms with Gasteiger partial charge < -0.3 is 14.4 Å². The minimum atomic E-state index is -4.22. The van der Waals surface area contributed by atoms with E-state index in [0.29, 0.717) is 48.6 Å². The Morgan fingerprint density at radius 3 is 2.65 bits per heavy atom. The van der Waals surface area contributed by atoms with Gasteiger partial charge in [0, 0.05) is 30.4 Å². The summed E-state index contributed by atoms with van der Waals surface area (Å²) in [6.07, 6.45) is 2.95. The second-order valence-electron chi connectivity index (χ2n) is 10.2. The zero-order valence-corrected chi connectivity index (χ0v) is 21.9. The van der Waals surface area contributed by atoms with Gasteiger partial charge in [-0.25, -0.2) is 14.7 Å². The molecule has 10 heteroatoms. The molecule has 194 valence electrons. The fraction of sp³-hybridized carbons (Fsp3) is 0.370. The molecule has 1 aromatic carbocycles. The summed E-state index contributed by atoms with van der Waals surface area (Å²) in [6, 6.07) is 13.5. The van der Waals surface area contributed by atoms with Gasteiger partial charge in [0.2, 0.25) is 0 Å². The molecule has 37 heavy (non-hydrogen) atoms. The highest BCUT2D eigenvalue weighted by Gasteiger charge is 2.39. The smallest absolute Gasteiger partial charge is 0.281 e. The van der Waals surface area contributed by atoms with E-state index < -0.39 is 15.9 Å². The lowest BCUT2D eigenvalue weighted by molar-refractivity contribution is 0.0981. The number of amides is 1. The van der Waals surface area contributed by atoms with Crippen molar-refractivity contribution in [3.05, 3.63) is 71.5 Å². The van der Waals surface area contributed by atoms with Crippen molar-refractivity contribution >= 4 is 21.7 Å². The zero-order chi connectivity index (χ0) is 26.2. The van der Waals surface area contributed by atoms with Gasteiger partial charge in [-0.3, -0.25) is 4.79 Å². The maximum absolute atomic E-state index is 13.2. The monoisotopic (exact) mass is 522 g/mol. The second-order valence-corrected chi connectivity index (χ2v) is 11.8. The van der Waals surface area contributed by atoms with Gasteiger partial charge in [0.05, 0.1) is 5.56 Å². The number of anilines is 1. The lowest BCUT2D eigenvalue weighted by Gasteiger charge is -2.33. The van der Waals surface area contributed by atoms with Crippen LogP contribution in [0.3, 0.4) is 0 Å². The summed E-state index contributed by atoms with van der Waals surface area (Å²) in [5.74, 6) is 1.51. The van der Waals surface area contributed by atoms with Crippen LogP contribution in [-0.4, -0.2) is 49.6 Å². The Morgan fingerprint density at radius 1 is 1.11 bits per heavy atom. The summed E-state index contributed by atoms with van der Waals surface area (Å²) >= 11 is 0. The molecule has 9 nitrogen and oxygen atoms in total. The van der Waals surface area contributed by atoms with Crippen molar-refractivity contribution in [3.63, 3.8) is 0 Å². The van der Waals surface area contributed by atoms with E-state index in [2.05, 4.69) is 40.4 Å². The Kier molecular flexibility index (Phi) is 6.53. The molecule has 0 radical (unpaired) electrons. The van der Waals surface area contributed by atoms with Gasteiger partial charge in [-0.2, -0.15) is 8.42 Å². The first-order chi connectivity index (χ1) is 17.6. The number of carbonyl (C=O) groups is 1. The van der Waals surface area contributed by atoms with Crippen LogP contribution in [0, 0.1) is 5.92 Å². The number of nitrogens with one attached hydrogen (secondary N) is 1. The standard InChI is InChI=1S/C27H30N4O5S/c1-18-16-27(2,3)31(17-18)25-21(7-5-11-28-25)26(32)30-37(33,34)24-8-4-6-20(29-24)14-19-9-10-22-23(15-19)36-13-12-35-22/h4-11,15,18H,12-14,16-17H2,1-3H3,(H,30,32). The van der Waals surface area contributed by atoms with Crippen molar-refractivity contribution in [1.29, 1.82) is 0 Å². The fourth-order valence-corrected chi connectivity index (χ4v) is 6.04. The van der Waals surface area contributed by atoms with Crippen molar-refractivity contribution in [1.82, 2.24) is 14.7 Å². The highest BCUT2D eigenvalue weighted by molar-refractivity contribution is 7.90. The average Bonchev–Trinajstić information content (AvgIpc) is 3.15. The molecular weight excluding hydrogens is 492 g/mol. The molecule has 0 spiro atoms. The third-order valence-electron chi connectivity index (χ3n) is 6.64. The number of sulfonamides is 1. The molecule has 1 fully saturated rings. The molecule has 4 heterocycles. The minimum Gasteiger partial charge on any atom is -0.486 e. The van der Waals surface area contributed by atoms with E-state index >= 15 is 0 Å². The summed E-state index contributed by atoms with van der Waals surface area (Å²) < 4.78 is 39.7. The highest BCUT2D eigenvalue weighted by Crippen LogP contribution is 2.37. The maximum atomic E-state index is 13.2. The molecule has 1 saturated heterocycles. The molecule has 0 saturated carbocycles. The quantitative estimate of drug-likeness (QED) is 0.523. The second kappa shape index (κ2) is 9.66. The summed E-state index contributed by atoms with van der Waals surface area (Å²) in [7, 11) is -4.22.